The summed E-state index contributed by atoms with van der Waals surface area (Å²) in [5.41, 5.74) is 1.23. The Bertz CT molecular complexity index is 580. The van der Waals surface area contributed by atoms with E-state index in [0.717, 1.165) is 50.2 Å². The molecule has 22 heavy (non-hydrogen) atoms. The zero-order valence-electron chi connectivity index (χ0n) is 13.9. The van der Waals surface area contributed by atoms with Crippen LogP contribution in [0, 0.1) is 5.92 Å². The molecule has 0 unspecified atom stereocenters. The smallest absolute Gasteiger partial charge is 0.223 e. The van der Waals surface area contributed by atoms with Gasteiger partial charge in [0.05, 0.1) is 5.69 Å². The third-order valence-electron chi connectivity index (χ3n) is 4.75. The maximum absolute atomic E-state index is 12.4. The summed E-state index contributed by atoms with van der Waals surface area (Å²) in [5, 5.41) is 3.26. The Morgan fingerprint density at radius 2 is 2.14 bits per heavy atom. The van der Waals surface area contributed by atoms with Gasteiger partial charge in [0.15, 0.2) is 0 Å². The highest BCUT2D eigenvalue weighted by Crippen LogP contribution is 2.25. The fourth-order valence-corrected chi connectivity index (χ4v) is 3.27. The van der Waals surface area contributed by atoms with Gasteiger partial charge in [-0.05, 0) is 25.7 Å². The highest BCUT2D eigenvalue weighted by molar-refractivity contribution is 5.79. The summed E-state index contributed by atoms with van der Waals surface area (Å²) in [6, 6.07) is 0.243. The fourth-order valence-electron chi connectivity index (χ4n) is 3.27. The highest BCUT2D eigenvalue weighted by Gasteiger charge is 2.27. The van der Waals surface area contributed by atoms with Crippen LogP contribution in [0.2, 0.25) is 0 Å². The van der Waals surface area contributed by atoms with E-state index in [1.165, 1.54) is 0 Å². The minimum absolute atomic E-state index is 0.0809. The zero-order chi connectivity index (χ0) is 15.7. The first-order valence-electron chi connectivity index (χ1n) is 8.45. The minimum atomic E-state index is 0.0809. The molecule has 0 saturated carbocycles. The number of nitrogens with one attached hydrogen (secondary N) is 1. The van der Waals surface area contributed by atoms with E-state index in [1.807, 2.05) is 0 Å². The maximum atomic E-state index is 12.4. The molecule has 1 amide bonds. The molecule has 1 aliphatic carbocycles. The Kier molecular flexibility index (Phi) is 4.11. The van der Waals surface area contributed by atoms with Crippen molar-refractivity contribution in [3.8, 4) is 0 Å². The monoisotopic (exact) mass is 301 g/mol. The van der Waals surface area contributed by atoms with Gasteiger partial charge in [0, 0.05) is 36.5 Å². The molecular formula is C18H27N3O. The van der Waals surface area contributed by atoms with Gasteiger partial charge in [-0.1, -0.05) is 32.9 Å². The lowest BCUT2D eigenvalue weighted by molar-refractivity contribution is -0.126. The van der Waals surface area contributed by atoms with Crippen molar-refractivity contribution in [1.29, 1.82) is 0 Å². The number of imidazole rings is 1. The number of fused-ring (bicyclic) bond motifs is 1. The molecule has 0 fully saturated rings. The lowest BCUT2D eigenvalue weighted by Crippen LogP contribution is -2.43. The molecule has 2 atom stereocenters. The molecule has 2 heterocycles. The van der Waals surface area contributed by atoms with E-state index in [2.05, 4.69) is 49.0 Å². The lowest BCUT2D eigenvalue weighted by atomic mass is 9.93. The molecule has 3 rings (SSSR count). The quantitative estimate of drug-likeness (QED) is 0.854. The number of carbonyl (C=O) groups is 1. The van der Waals surface area contributed by atoms with E-state index >= 15 is 0 Å². The predicted octanol–water partition coefficient (Wildman–Crippen LogP) is 2.97. The van der Waals surface area contributed by atoms with E-state index in [0.29, 0.717) is 0 Å². The van der Waals surface area contributed by atoms with Crippen molar-refractivity contribution in [3.05, 3.63) is 29.9 Å². The number of amides is 1. The van der Waals surface area contributed by atoms with Crippen LogP contribution in [0.4, 0.5) is 0 Å². The molecule has 0 saturated heterocycles. The molecule has 1 aromatic heterocycles. The molecule has 120 valence electrons. The van der Waals surface area contributed by atoms with Crippen molar-refractivity contribution < 1.29 is 4.79 Å². The molecule has 1 N–H and O–H groups in total. The van der Waals surface area contributed by atoms with Gasteiger partial charge in [-0.3, -0.25) is 4.79 Å². The minimum Gasteiger partial charge on any atom is -0.351 e. The van der Waals surface area contributed by atoms with Crippen LogP contribution in [0.1, 0.15) is 58.0 Å². The van der Waals surface area contributed by atoms with Crippen LogP contribution >= 0.6 is 0 Å². The van der Waals surface area contributed by atoms with E-state index in [9.17, 15) is 4.79 Å². The van der Waals surface area contributed by atoms with Gasteiger partial charge in [0.1, 0.15) is 5.82 Å². The number of carbonyl (C=O) groups excluding carboxylic acids is 1. The maximum Gasteiger partial charge on any atom is 0.223 e. The van der Waals surface area contributed by atoms with E-state index < -0.39 is 0 Å². The van der Waals surface area contributed by atoms with Crippen LogP contribution in [-0.2, 0) is 23.2 Å². The van der Waals surface area contributed by atoms with Gasteiger partial charge >= 0.3 is 0 Å². The van der Waals surface area contributed by atoms with Crippen molar-refractivity contribution in [2.45, 2.75) is 70.9 Å². The summed E-state index contributed by atoms with van der Waals surface area (Å²) in [6.07, 6.45) is 11.3. The summed E-state index contributed by atoms with van der Waals surface area (Å²) in [6.45, 7) is 7.43. The topological polar surface area (TPSA) is 46.9 Å². The van der Waals surface area contributed by atoms with Crippen molar-refractivity contribution >= 4 is 5.91 Å². The average Bonchev–Trinajstić information content (AvgIpc) is 2.91. The Balaban J connectivity index is 1.63. The molecule has 1 aromatic rings. The van der Waals surface area contributed by atoms with Crippen LogP contribution in [0.5, 0.6) is 0 Å². The first-order valence-corrected chi connectivity index (χ1v) is 8.45. The van der Waals surface area contributed by atoms with E-state index in [-0.39, 0.29) is 23.3 Å². The largest absolute Gasteiger partial charge is 0.351 e. The van der Waals surface area contributed by atoms with E-state index in [1.54, 1.807) is 0 Å². The number of hydrogen-bond donors (Lipinski definition) is 1. The molecule has 4 nitrogen and oxygen atoms in total. The summed E-state index contributed by atoms with van der Waals surface area (Å²) < 4.78 is 2.23. The summed E-state index contributed by atoms with van der Waals surface area (Å²) in [7, 11) is 0. The third kappa shape index (κ3) is 3.26. The molecule has 0 aromatic carbocycles. The SMILES string of the molecule is CC(C)(C)c1cn2c(n1)CC[C@@H](NC(=O)[C@@H]1CC=CCC1)C2. The molecule has 0 radical (unpaired) electrons. The fraction of sp³-hybridized carbons (Fsp3) is 0.667. The summed E-state index contributed by atoms with van der Waals surface area (Å²) in [5.74, 6) is 1.56. The molecule has 4 heteroatoms. The Morgan fingerprint density at radius 1 is 1.32 bits per heavy atom. The van der Waals surface area contributed by atoms with Gasteiger partial charge in [-0.2, -0.15) is 0 Å². The third-order valence-corrected chi connectivity index (χ3v) is 4.75. The molecule has 0 spiro atoms. The van der Waals surface area contributed by atoms with Gasteiger partial charge in [-0.15, -0.1) is 0 Å². The van der Waals surface area contributed by atoms with Crippen molar-refractivity contribution in [2.24, 2.45) is 5.92 Å². The summed E-state index contributed by atoms with van der Waals surface area (Å²) >= 11 is 0. The van der Waals surface area contributed by atoms with Gasteiger partial charge in [-0.25, -0.2) is 4.98 Å². The van der Waals surface area contributed by atoms with Crippen LogP contribution in [0.3, 0.4) is 0 Å². The van der Waals surface area contributed by atoms with Crippen molar-refractivity contribution in [2.75, 3.05) is 0 Å². The normalized spacial score (nSPS) is 24.9. The molecule has 1 aliphatic heterocycles. The number of hydrogen-bond acceptors (Lipinski definition) is 2. The Hall–Kier alpha value is -1.58. The molecule has 2 aliphatic rings. The van der Waals surface area contributed by atoms with Crippen molar-refractivity contribution in [3.63, 3.8) is 0 Å². The zero-order valence-corrected chi connectivity index (χ0v) is 13.9. The van der Waals surface area contributed by atoms with Gasteiger partial charge < -0.3 is 9.88 Å². The number of aryl methyl sites for hydroxylation is 1. The van der Waals surface area contributed by atoms with E-state index in [4.69, 9.17) is 4.98 Å². The first kappa shape index (κ1) is 15.3. The highest BCUT2D eigenvalue weighted by atomic mass is 16.1. The lowest BCUT2D eigenvalue weighted by Gasteiger charge is -2.27. The van der Waals surface area contributed by atoms with Crippen molar-refractivity contribution in [1.82, 2.24) is 14.9 Å². The Morgan fingerprint density at radius 3 is 2.82 bits per heavy atom. The first-order chi connectivity index (χ1) is 10.4. The standard InChI is InChI=1S/C18H27N3O/c1-18(2,3)15-12-21-11-14(9-10-16(21)20-15)19-17(22)13-7-5-4-6-8-13/h4-5,12-14H,6-11H2,1-3H3,(H,19,22)/t13-,14-/m1/s1. The predicted molar refractivity (Wildman–Crippen MR) is 87.7 cm³/mol. The van der Waals surface area contributed by atoms with Crippen LogP contribution < -0.4 is 5.32 Å². The Labute approximate surface area is 133 Å². The number of rotatable bonds is 2. The molecular weight excluding hydrogens is 274 g/mol. The summed E-state index contributed by atoms with van der Waals surface area (Å²) in [4.78, 5) is 17.1. The number of aromatic nitrogens is 2. The van der Waals surface area contributed by atoms with Gasteiger partial charge in [0.2, 0.25) is 5.91 Å². The van der Waals surface area contributed by atoms with Crippen LogP contribution in [0.25, 0.3) is 0 Å². The number of nitrogens with zero attached hydrogens (tertiary/aromatic N) is 2. The molecule has 0 bridgehead atoms. The second-order valence-electron chi connectivity index (χ2n) is 7.67. The second kappa shape index (κ2) is 5.90. The van der Waals surface area contributed by atoms with Gasteiger partial charge in [0.25, 0.3) is 0 Å². The van der Waals surface area contributed by atoms with Crippen LogP contribution in [0.15, 0.2) is 18.3 Å². The second-order valence-corrected chi connectivity index (χ2v) is 7.67. The number of allylic oxidation sites excluding steroid dienone is 2. The van der Waals surface area contributed by atoms with Crippen LogP contribution in [-0.4, -0.2) is 21.5 Å². The average molecular weight is 301 g/mol.